The molecule has 1 aliphatic carbocycles. The molecule has 88 valence electrons. The van der Waals surface area contributed by atoms with E-state index in [9.17, 15) is 0 Å². The Morgan fingerprint density at radius 3 is 2.38 bits per heavy atom. The van der Waals surface area contributed by atoms with Crippen LogP contribution in [0.25, 0.3) is 0 Å². The monoisotopic (exact) mass is 218 g/mol. The summed E-state index contributed by atoms with van der Waals surface area (Å²) in [6.45, 7) is 5.32. The predicted octanol–water partition coefficient (Wildman–Crippen LogP) is 2.78. The maximum Gasteiger partial charge on any atom is 0.0366 e. The molecule has 0 saturated heterocycles. The molecule has 2 nitrogen and oxygen atoms in total. The van der Waals surface area contributed by atoms with E-state index < -0.39 is 0 Å². The summed E-state index contributed by atoms with van der Waals surface area (Å²) < 4.78 is 0. The largest absolute Gasteiger partial charge is 0.372 e. The van der Waals surface area contributed by atoms with Gasteiger partial charge < -0.3 is 10.2 Å². The van der Waals surface area contributed by atoms with Gasteiger partial charge in [-0.1, -0.05) is 26.0 Å². The summed E-state index contributed by atoms with van der Waals surface area (Å²) in [6, 6.07) is 10.3. The second-order valence-electron chi connectivity index (χ2n) is 5.04. The number of nitrogens with zero attached hydrogens (tertiary/aromatic N) is 1. The highest BCUT2D eigenvalue weighted by Gasteiger charge is 2.26. The second-order valence-corrected chi connectivity index (χ2v) is 5.04. The maximum absolute atomic E-state index is 3.43. The fourth-order valence-electron chi connectivity index (χ4n) is 1.84. The molecule has 16 heavy (non-hydrogen) atoms. The highest BCUT2D eigenvalue weighted by atomic mass is 15.2. The van der Waals surface area contributed by atoms with E-state index in [4.69, 9.17) is 0 Å². The van der Waals surface area contributed by atoms with Crippen LogP contribution in [0.15, 0.2) is 24.3 Å². The molecule has 1 aromatic carbocycles. The molecular formula is C14H22N2. The summed E-state index contributed by atoms with van der Waals surface area (Å²) >= 11 is 0. The fraction of sp³-hybridized carbons (Fsp3) is 0.571. The lowest BCUT2D eigenvalue weighted by Crippen LogP contribution is -2.22. The van der Waals surface area contributed by atoms with E-state index in [-0.39, 0.29) is 0 Å². The number of anilines is 1. The van der Waals surface area contributed by atoms with E-state index in [1.165, 1.54) is 24.1 Å². The first-order valence-electron chi connectivity index (χ1n) is 6.22. The summed E-state index contributed by atoms with van der Waals surface area (Å²) in [5.41, 5.74) is 2.71. The maximum atomic E-state index is 3.43. The van der Waals surface area contributed by atoms with Crippen molar-refractivity contribution in [1.29, 1.82) is 0 Å². The summed E-state index contributed by atoms with van der Waals surface area (Å²) in [5.74, 6) is 0. The van der Waals surface area contributed by atoms with Crippen LogP contribution in [0.1, 0.15) is 32.3 Å². The van der Waals surface area contributed by atoms with Gasteiger partial charge in [-0.2, -0.15) is 0 Å². The highest BCUT2D eigenvalue weighted by Crippen LogP contribution is 2.29. The van der Waals surface area contributed by atoms with Crippen LogP contribution in [0.3, 0.4) is 0 Å². The molecule has 1 N–H and O–H groups in total. The van der Waals surface area contributed by atoms with Crippen LogP contribution in [0.5, 0.6) is 0 Å². The van der Waals surface area contributed by atoms with Gasteiger partial charge >= 0.3 is 0 Å². The number of hydrogen-bond acceptors (Lipinski definition) is 2. The Hall–Kier alpha value is -1.02. The lowest BCUT2D eigenvalue weighted by Gasteiger charge is -2.19. The predicted molar refractivity (Wildman–Crippen MR) is 69.8 cm³/mol. The van der Waals surface area contributed by atoms with Gasteiger partial charge in [0.25, 0.3) is 0 Å². The summed E-state index contributed by atoms with van der Waals surface area (Å²) in [5, 5.41) is 3.43. The Morgan fingerprint density at radius 1 is 1.25 bits per heavy atom. The fourth-order valence-corrected chi connectivity index (χ4v) is 1.84. The third-order valence-electron chi connectivity index (χ3n) is 3.15. The van der Waals surface area contributed by atoms with E-state index in [0.717, 1.165) is 12.6 Å². The van der Waals surface area contributed by atoms with Crippen molar-refractivity contribution in [2.45, 2.75) is 45.3 Å². The normalized spacial score (nSPS) is 15.5. The Labute approximate surface area is 98.7 Å². The zero-order chi connectivity index (χ0) is 11.5. The van der Waals surface area contributed by atoms with E-state index in [2.05, 4.69) is 55.4 Å². The summed E-state index contributed by atoms with van der Waals surface area (Å²) in [7, 11) is 2.19. The average Bonchev–Trinajstić information content (AvgIpc) is 3.10. The van der Waals surface area contributed by atoms with Crippen LogP contribution in [0, 0.1) is 0 Å². The minimum Gasteiger partial charge on any atom is -0.372 e. The third kappa shape index (κ3) is 2.99. The third-order valence-corrected chi connectivity index (χ3v) is 3.15. The highest BCUT2D eigenvalue weighted by molar-refractivity contribution is 5.48. The van der Waals surface area contributed by atoms with Crippen molar-refractivity contribution in [2.75, 3.05) is 11.9 Å². The van der Waals surface area contributed by atoms with E-state index in [0.29, 0.717) is 6.04 Å². The van der Waals surface area contributed by atoms with Gasteiger partial charge in [-0.05, 0) is 30.5 Å². The molecule has 0 atom stereocenters. The molecule has 0 aromatic heterocycles. The van der Waals surface area contributed by atoms with Crippen LogP contribution in [-0.2, 0) is 6.54 Å². The minimum absolute atomic E-state index is 0.550. The number of hydrogen-bond donors (Lipinski definition) is 1. The molecule has 1 aliphatic rings. The zero-order valence-corrected chi connectivity index (χ0v) is 10.5. The molecule has 2 heteroatoms. The lowest BCUT2D eigenvalue weighted by atomic mass is 10.2. The number of rotatable bonds is 5. The summed E-state index contributed by atoms with van der Waals surface area (Å²) in [4.78, 5) is 2.39. The first kappa shape index (κ1) is 11.5. The van der Waals surface area contributed by atoms with Crippen molar-refractivity contribution < 1.29 is 0 Å². The van der Waals surface area contributed by atoms with Gasteiger partial charge in [-0.3, -0.25) is 0 Å². The van der Waals surface area contributed by atoms with Gasteiger partial charge in [0, 0.05) is 31.4 Å². The number of benzene rings is 1. The quantitative estimate of drug-likeness (QED) is 0.817. The molecule has 2 rings (SSSR count). The minimum atomic E-state index is 0.550. The Kier molecular flexibility index (Phi) is 3.49. The van der Waals surface area contributed by atoms with Gasteiger partial charge in [-0.15, -0.1) is 0 Å². The first-order chi connectivity index (χ1) is 7.66. The smallest absolute Gasteiger partial charge is 0.0366 e. The second kappa shape index (κ2) is 4.88. The molecule has 0 aliphatic heterocycles. The average molecular weight is 218 g/mol. The molecular weight excluding hydrogens is 196 g/mol. The summed E-state index contributed by atoms with van der Waals surface area (Å²) in [6.07, 6.45) is 2.71. The molecule has 0 radical (unpaired) electrons. The van der Waals surface area contributed by atoms with Crippen LogP contribution in [0.4, 0.5) is 5.69 Å². The van der Waals surface area contributed by atoms with Gasteiger partial charge in [0.15, 0.2) is 0 Å². The molecule has 1 saturated carbocycles. The SMILES string of the molecule is CC(C)NCc1ccc(N(C)C2CC2)cc1. The zero-order valence-electron chi connectivity index (χ0n) is 10.5. The van der Waals surface area contributed by atoms with E-state index >= 15 is 0 Å². The van der Waals surface area contributed by atoms with Crippen LogP contribution in [0.2, 0.25) is 0 Å². The first-order valence-corrected chi connectivity index (χ1v) is 6.22. The lowest BCUT2D eigenvalue weighted by molar-refractivity contribution is 0.589. The van der Waals surface area contributed by atoms with Crippen molar-refractivity contribution in [3.05, 3.63) is 29.8 Å². The van der Waals surface area contributed by atoms with Gasteiger partial charge in [0.2, 0.25) is 0 Å². The number of nitrogens with one attached hydrogen (secondary N) is 1. The molecule has 0 spiro atoms. The molecule has 1 fully saturated rings. The molecule has 0 unspecified atom stereocenters. The van der Waals surface area contributed by atoms with Gasteiger partial charge in [0.05, 0.1) is 0 Å². The van der Waals surface area contributed by atoms with Crippen LogP contribution < -0.4 is 10.2 Å². The molecule has 0 bridgehead atoms. The van der Waals surface area contributed by atoms with E-state index in [1.807, 2.05) is 0 Å². The topological polar surface area (TPSA) is 15.3 Å². The Bertz CT molecular complexity index is 325. The molecule has 0 amide bonds. The molecule has 0 heterocycles. The Morgan fingerprint density at radius 2 is 1.88 bits per heavy atom. The van der Waals surface area contributed by atoms with E-state index in [1.54, 1.807) is 0 Å². The Balaban J connectivity index is 1.93. The van der Waals surface area contributed by atoms with Crippen LogP contribution in [-0.4, -0.2) is 19.1 Å². The van der Waals surface area contributed by atoms with Crippen molar-refractivity contribution in [1.82, 2.24) is 5.32 Å². The molecule has 1 aromatic rings. The van der Waals surface area contributed by atoms with Crippen molar-refractivity contribution in [3.8, 4) is 0 Å². The van der Waals surface area contributed by atoms with Crippen molar-refractivity contribution >= 4 is 5.69 Å². The van der Waals surface area contributed by atoms with Gasteiger partial charge in [0.1, 0.15) is 0 Å². The van der Waals surface area contributed by atoms with Crippen molar-refractivity contribution in [2.24, 2.45) is 0 Å². The van der Waals surface area contributed by atoms with Gasteiger partial charge in [-0.25, -0.2) is 0 Å². The standard InChI is InChI=1S/C14H22N2/c1-11(2)15-10-12-4-6-13(7-5-12)16(3)14-8-9-14/h4-7,11,14-15H,8-10H2,1-3H3. The van der Waals surface area contributed by atoms with Crippen LogP contribution >= 0.6 is 0 Å². The van der Waals surface area contributed by atoms with Crippen molar-refractivity contribution in [3.63, 3.8) is 0 Å².